The van der Waals surface area contributed by atoms with Gasteiger partial charge in [-0.25, -0.2) is 13.2 Å². The van der Waals surface area contributed by atoms with Gasteiger partial charge in [0.25, 0.3) is 17.3 Å². The summed E-state index contributed by atoms with van der Waals surface area (Å²) in [5, 5.41) is 21.4. The minimum atomic E-state index is -4.12. The average Bonchev–Trinajstić information content (AvgIpc) is 3.02. The van der Waals surface area contributed by atoms with Gasteiger partial charge in [-0.2, -0.15) is 0 Å². The first-order valence-electron chi connectivity index (χ1n) is 13.5. The second-order valence-electron chi connectivity index (χ2n) is 10.2. The number of non-ortho nitro benzene ring substituents is 1. The molecule has 1 saturated heterocycles. The molecule has 1 amide bonds. The number of amides is 1. The summed E-state index contributed by atoms with van der Waals surface area (Å²) in [5.41, 5.74) is 0.329. The first-order valence-corrected chi connectivity index (χ1v) is 16.3. The Balaban J connectivity index is 1.67. The number of carbonyl (C=O) groups excluding carboxylic acids is 2. The third-order valence-corrected chi connectivity index (χ3v) is 10.6. The number of rotatable bonds is 13. The van der Waals surface area contributed by atoms with Crippen molar-refractivity contribution in [2.75, 3.05) is 7.11 Å². The molecular weight excluding hydrogens is 640 g/mol. The van der Waals surface area contributed by atoms with Gasteiger partial charge in [-0.05, 0) is 55.3 Å². The number of benzene rings is 3. The van der Waals surface area contributed by atoms with Crippen LogP contribution in [0.15, 0.2) is 88.8 Å². The lowest BCUT2D eigenvalue weighted by Crippen LogP contribution is -2.67. The standard InChI is InChI=1S/C30H28N4O10S2/c1-18(2)27(30(36)44-17-20-7-11-23(43-4)12-8-20)32-28(35)26(29(32)45-46(41,42)24-13-5-19(3)6-14-24)31-16-21-9-10-22(33(37)38)15-25(21)34(39)40/h5-16,26-27,29H,1,17H2,2-4H3. The van der Waals surface area contributed by atoms with Crippen LogP contribution in [-0.2, 0) is 29.8 Å². The molecule has 0 radical (unpaired) electrons. The number of nitrogens with zero attached hydrogens (tertiary/aromatic N) is 4. The van der Waals surface area contributed by atoms with Gasteiger partial charge in [0.2, 0.25) is 8.87 Å². The molecule has 16 heteroatoms. The van der Waals surface area contributed by atoms with Crippen LogP contribution in [0.25, 0.3) is 0 Å². The Kier molecular flexibility index (Phi) is 10.2. The van der Waals surface area contributed by atoms with E-state index in [1.165, 1.54) is 26.2 Å². The van der Waals surface area contributed by atoms with E-state index in [1.54, 1.807) is 43.3 Å². The number of hydrogen-bond acceptors (Lipinski definition) is 12. The SMILES string of the molecule is C=C(C)C(C(=O)OCc1ccc(OC)cc1)N1C(=O)C(N=Cc2ccc([N+](=O)[O-])cc2[N+](=O)[O-])C1SS(=O)(=O)c1ccc(C)cc1. The zero-order chi connectivity index (χ0) is 33.8. The van der Waals surface area contributed by atoms with Crippen molar-refractivity contribution in [3.05, 3.63) is 116 Å². The number of nitro benzene ring substituents is 2. The third kappa shape index (κ3) is 7.40. The van der Waals surface area contributed by atoms with E-state index >= 15 is 0 Å². The third-order valence-electron chi connectivity index (χ3n) is 6.89. The summed E-state index contributed by atoms with van der Waals surface area (Å²) in [5.74, 6) is -1.02. The van der Waals surface area contributed by atoms with Gasteiger partial charge in [0.1, 0.15) is 17.7 Å². The Labute approximate surface area is 267 Å². The quantitative estimate of drug-likeness (QED) is 0.0471. The molecule has 240 valence electrons. The molecule has 14 nitrogen and oxygen atoms in total. The largest absolute Gasteiger partial charge is 0.497 e. The maximum absolute atomic E-state index is 13.5. The average molecular weight is 669 g/mol. The lowest BCUT2D eigenvalue weighted by molar-refractivity contribution is -0.394. The van der Waals surface area contributed by atoms with Gasteiger partial charge in [-0.1, -0.05) is 36.4 Å². The van der Waals surface area contributed by atoms with Crippen LogP contribution in [0.4, 0.5) is 11.4 Å². The summed E-state index contributed by atoms with van der Waals surface area (Å²) >= 11 is 0. The van der Waals surface area contributed by atoms with Crippen LogP contribution in [0.5, 0.6) is 5.75 Å². The number of aliphatic imine (C=N–C) groups is 1. The molecule has 1 fully saturated rings. The van der Waals surface area contributed by atoms with E-state index in [1.807, 2.05) is 0 Å². The Hall–Kier alpha value is -5.09. The van der Waals surface area contributed by atoms with Crippen molar-refractivity contribution in [1.82, 2.24) is 4.90 Å². The lowest BCUT2D eigenvalue weighted by Gasteiger charge is -2.47. The van der Waals surface area contributed by atoms with Gasteiger partial charge in [0.15, 0.2) is 12.1 Å². The van der Waals surface area contributed by atoms with Crippen LogP contribution >= 0.6 is 10.8 Å². The molecule has 3 unspecified atom stereocenters. The highest BCUT2D eigenvalue weighted by Crippen LogP contribution is 2.41. The van der Waals surface area contributed by atoms with E-state index in [4.69, 9.17) is 9.47 Å². The molecule has 1 heterocycles. The monoisotopic (exact) mass is 668 g/mol. The highest BCUT2D eigenvalue weighted by Gasteiger charge is 2.55. The van der Waals surface area contributed by atoms with E-state index < -0.39 is 59.4 Å². The predicted octanol–water partition coefficient (Wildman–Crippen LogP) is 4.59. The van der Waals surface area contributed by atoms with Gasteiger partial charge < -0.3 is 14.4 Å². The minimum absolute atomic E-state index is 0.0508. The summed E-state index contributed by atoms with van der Waals surface area (Å²) in [6.07, 6.45) is 0.978. The summed E-state index contributed by atoms with van der Waals surface area (Å²) in [7, 11) is -2.23. The molecule has 0 spiro atoms. The zero-order valence-corrected chi connectivity index (χ0v) is 26.4. The molecule has 3 aromatic rings. The second kappa shape index (κ2) is 13.9. The molecule has 46 heavy (non-hydrogen) atoms. The normalized spacial score (nSPS) is 16.8. The summed E-state index contributed by atoms with van der Waals surface area (Å²) < 4.78 is 37.5. The fraction of sp³-hybridized carbons (Fsp3) is 0.233. The number of aryl methyl sites for hydroxylation is 1. The molecule has 0 aromatic heterocycles. The maximum Gasteiger partial charge on any atom is 0.333 e. The summed E-state index contributed by atoms with van der Waals surface area (Å²) in [6.45, 7) is 6.94. The van der Waals surface area contributed by atoms with Gasteiger partial charge in [-0.15, -0.1) is 0 Å². The lowest BCUT2D eigenvalue weighted by atomic mass is 9.99. The van der Waals surface area contributed by atoms with Crippen molar-refractivity contribution in [3.8, 4) is 5.75 Å². The Bertz CT molecular complexity index is 1830. The van der Waals surface area contributed by atoms with Crippen LogP contribution in [0.1, 0.15) is 23.6 Å². The first kappa shape index (κ1) is 33.8. The molecule has 3 aromatic carbocycles. The fourth-order valence-electron chi connectivity index (χ4n) is 4.45. The van der Waals surface area contributed by atoms with E-state index in [-0.39, 0.29) is 22.6 Å². The fourth-order valence-corrected chi connectivity index (χ4v) is 7.94. The molecule has 0 aliphatic carbocycles. The van der Waals surface area contributed by atoms with E-state index in [0.29, 0.717) is 22.1 Å². The van der Waals surface area contributed by atoms with E-state index in [2.05, 4.69) is 11.6 Å². The van der Waals surface area contributed by atoms with Crippen LogP contribution < -0.4 is 4.74 Å². The van der Waals surface area contributed by atoms with Crippen LogP contribution in [0.2, 0.25) is 0 Å². The molecule has 0 saturated carbocycles. The van der Waals surface area contributed by atoms with E-state index in [9.17, 15) is 38.2 Å². The number of carbonyl (C=O) groups is 2. The smallest absolute Gasteiger partial charge is 0.333 e. The number of esters is 1. The number of β-lactam (4-membered cyclic amide) rings is 1. The zero-order valence-electron chi connectivity index (χ0n) is 24.8. The molecule has 1 aliphatic heterocycles. The number of hydrogen-bond donors (Lipinski definition) is 0. The Morgan fingerprint density at radius 3 is 2.30 bits per heavy atom. The van der Waals surface area contributed by atoms with Crippen molar-refractivity contribution in [1.29, 1.82) is 0 Å². The second-order valence-corrected chi connectivity index (χ2v) is 14.1. The minimum Gasteiger partial charge on any atom is -0.497 e. The molecule has 0 N–H and O–H groups in total. The van der Waals surface area contributed by atoms with Crippen molar-refractivity contribution in [2.24, 2.45) is 4.99 Å². The predicted molar refractivity (Wildman–Crippen MR) is 169 cm³/mol. The Morgan fingerprint density at radius 2 is 1.74 bits per heavy atom. The number of methoxy groups -OCH3 is 1. The maximum atomic E-state index is 13.5. The van der Waals surface area contributed by atoms with Gasteiger partial charge in [0.05, 0.1) is 33.5 Å². The molecule has 0 bridgehead atoms. The highest BCUT2D eigenvalue weighted by atomic mass is 33.1. The van der Waals surface area contributed by atoms with Gasteiger partial charge in [-0.3, -0.25) is 30.0 Å². The summed E-state index contributed by atoms with van der Waals surface area (Å²) in [6, 6.07) is 12.9. The number of ether oxygens (including phenoxy) is 2. The highest BCUT2D eigenvalue weighted by molar-refractivity contribution is 8.72. The van der Waals surface area contributed by atoms with Gasteiger partial charge in [0, 0.05) is 23.1 Å². The van der Waals surface area contributed by atoms with Crippen molar-refractivity contribution in [3.63, 3.8) is 0 Å². The molecule has 4 rings (SSSR count). The van der Waals surface area contributed by atoms with Gasteiger partial charge >= 0.3 is 5.97 Å². The van der Waals surface area contributed by atoms with Crippen LogP contribution in [-0.4, -0.2) is 65.8 Å². The van der Waals surface area contributed by atoms with Crippen molar-refractivity contribution < 1.29 is 37.3 Å². The Morgan fingerprint density at radius 1 is 1.09 bits per heavy atom. The number of likely N-dealkylation sites (tertiary alicyclic amines) is 1. The molecule has 1 aliphatic rings. The topological polar surface area (TPSA) is 189 Å². The van der Waals surface area contributed by atoms with Crippen molar-refractivity contribution >= 4 is 49.1 Å². The van der Waals surface area contributed by atoms with Crippen molar-refractivity contribution in [2.45, 2.75) is 42.8 Å². The van der Waals surface area contributed by atoms with Crippen LogP contribution in [0.3, 0.4) is 0 Å². The molecule has 3 atom stereocenters. The first-order chi connectivity index (χ1) is 21.7. The molecular formula is C30H28N4O10S2. The van der Waals surface area contributed by atoms with Crippen LogP contribution in [0, 0.1) is 27.2 Å². The number of nitro groups is 2. The van der Waals surface area contributed by atoms with E-state index in [0.717, 1.165) is 34.9 Å². The summed E-state index contributed by atoms with van der Waals surface area (Å²) in [4.78, 5) is 53.1.